The molecule has 2 aromatic heterocycles. The second-order valence-corrected chi connectivity index (χ2v) is 6.64. The summed E-state index contributed by atoms with van der Waals surface area (Å²) in [5.41, 5.74) is 0.711. The lowest BCUT2D eigenvalue weighted by Gasteiger charge is -2.18. The Morgan fingerprint density at radius 1 is 1.26 bits per heavy atom. The van der Waals surface area contributed by atoms with Crippen LogP contribution in [0.4, 0.5) is 0 Å². The predicted octanol–water partition coefficient (Wildman–Crippen LogP) is 2.37. The van der Waals surface area contributed by atoms with Crippen LogP contribution in [-0.2, 0) is 16.1 Å². The minimum atomic E-state index is -0.526. The van der Waals surface area contributed by atoms with Crippen molar-refractivity contribution >= 4 is 33.4 Å². The smallest absolute Gasteiger partial charge is 0.326 e. The summed E-state index contributed by atoms with van der Waals surface area (Å²) in [5, 5.41) is 0. The molecule has 27 heavy (non-hydrogen) atoms. The first kappa shape index (κ1) is 17.3. The van der Waals surface area contributed by atoms with Crippen molar-refractivity contribution in [2.45, 2.75) is 13.5 Å². The van der Waals surface area contributed by atoms with Crippen LogP contribution in [0.25, 0.3) is 10.2 Å². The van der Waals surface area contributed by atoms with Gasteiger partial charge in [0.2, 0.25) is 0 Å². The van der Waals surface area contributed by atoms with E-state index in [4.69, 9.17) is 18.6 Å². The third-order valence-corrected chi connectivity index (χ3v) is 4.91. The second kappa shape index (κ2) is 7.28. The van der Waals surface area contributed by atoms with E-state index in [0.29, 0.717) is 35.0 Å². The molecule has 0 spiro atoms. The number of hydrogen-bond acceptors (Lipinski definition) is 7. The van der Waals surface area contributed by atoms with E-state index in [2.05, 4.69) is 4.99 Å². The molecule has 0 fully saturated rings. The molecule has 3 heterocycles. The summed E-state index contributed by atoms with van der Waals surface area (Å²) in [6.07, 6.45) is 1.41. The quantitative estimate of drug-likeness (QED) is 0.637. The minimum Gasteiger partial charge on any atom is -0.486 e. The van der Waals surface area contributed by atoms with Crippen LogP contribution in [0.2, 0.25) is 0 Å². The second-order valence-electron chi connectivity index (χ2n) is 5.63. The fourth-order valence-corrected chi connectivity index (χ4v) is 3.76. The molecule has 9 heteroatoms. The van der Waals surface area contributed by atoms with Crippen LogP contribution >= 0.6 is 11.3 Å². The zero-order chi connectivity index (χ0) is 18.8. The molecule has 140 valence electrons. The number of fused-ring (bicyclic) bond motifs is 2. The number of rotatable bonds is 4. The highest BCUT2D eigenvalue weighted by molar-refractivity contribution is 7.16. The van der Waals surface area contributed by atoms with Crippen molar-refractivity contribution in [3.63, 3.8) is 0 Å². The van der Waals surface area contributed by atoms with Crippen LogP contribution in [0, 0.1) is 0 Å². The third-order valence-electron chi connectivity index (χ3n) is 3.87. The molecular formula is C18H16N2O6S. The Morgan fingerprint density at radius 3 is 2.74 bits per heavy atom. The number of furan rings is 1. The number of benzene rings is 1. The van der Waals surface area contributed by atoms with Gasteiger partial charge in [-0.3, -0.25) is 9.59 Å². The molecule has 8 nitrogen and oxygen atoms in total. The summed E-state index contributed by atoms with van der Waals surface area (Å²) >= 11 is 1.27. The highest BCUT2D eigenvalue weighted by atomic mass is 32.1. The lowest BCUT2D eigenvalue weighted by Crippen LogP contribution is -2.23. The van der Waals surface area contributed by atoms with Crippen LogP contribution in [0.3, 0.4) is 0 Å². The molecule has 0 unspecified atom stereocenters. The van der Waals surface area contributed by atoms with Gasteiger partial charge in [0.15, 0.2) is 22.1 Å². The normalized spacial score (nSPS) is 13.7. The van der Waals surface area contributed by atoms with E-state index in [-0.39, 0.29) is 18.9 Å². The first-order chi connectivity index (χ1) is 13.2. The highest BCUT2D eigenvalue weighted by Gasteiger charge is 2.19. The van der Waals surface area contributed by atoms with Crippen LogP contribution < -0.4 is 14.3 Å². The summed E-state index contributed by atoms with van der Waals surface area (Å²) in [5.74, 6) is 0.400. The maximum atomic E-state index is 12.3. The van der Waals surface area contributed by atoms with Crippen molar-refractivity contribution in [2.75, 3.05) is 19.8 Å². The van der Waals surface area contributed by atoms with Gasteiger partial charge in [0.25, 0.3) is 0 Å². The monoisotopic (exact) mass is 388 g/mol. The van der Waals surface area contributed by atoms with Crippen molar-refractivity contribution in [3.8, 4) is 11.5 Å². The van der Waals surface area contributed by atoms with Gasteiger partial charge in [-0.25, -0.2) is 0 Å². The molecule has 3 aromatic rings. The van der Waals surface area contributed by atoms with Gasteiger partial charge in [-0.1, -0.05) is 11.3 Å². The number of nitrogens with zero attached hydrogens (tertiary/aromatic N) is 2. The number of ether oxygens (including phenoxy) is 3. The van der Waals surface area contributed by atoms with Gasteiger partial charge in [0, 0.05) is 12.1 Å². The first-order valence-corrected chi connectivity index (χ1v) is 9.18. The number of carbonyl (C=O) groups excluding carboxylic acids is 2. The van der Waals surface area contributed by atoms with Crippen molar-refractivity contribution in [2.24, 2.45) is 4.99 Å². The fraction of sp³-hybridized carbons (Fsp3) is 0.278. The van der Waals surface area contributed by atoms with E-state index < -0.39 is 11.9 Å². The molecule has 0 N–H and O–H groups in total. The number of hydrogen-bond donors (Lipinski definition) is 0. The van der Waals surface area contributed by atoms with Crippen molar-refractivity contribution < 1.29 is 28.2 Å². The molecule has 0 bridgehead atoms. The number of esters is 1. The van der Waals surface area contributed by atoms with E-state index in [1.54, 1.807) is 23.6 Å². The summed E-state index contributed by atoms with van der Waals surface area (Å²) < 4.78 is 23.8. The number of thiazole rings is 1. The summed E-state index contributed by atoms with van der Waals surface area (Å²) in [7, 11) is 0. The summed E-state index contributed by atoms with van der Waals surface area (Å²) in [4.78, 5) is 28.9. The minimum absolute atomic E-state index is 0.0717. The maximum absolute atomic E-state index is 12.3. The van der Waals surface area contributed by atoms with E-state index >= 15 is 0 Å². The zero-order valence-corrected chi connectivity index (χ0v) is 15.3. The van der Waals surface area contributed by atoms with Gasteiger partial charge in [-0.15, -0.1) is 0 Å². The summed E-state index contributed by atoms with van der Waals surface area (Å²) in [6.45, 7) is 2.86. The van der Waals surface area contributed by atoms with Gasteiger partial charge < -0.3 is 23.2 Å². The highest BCUT2D eigenvalue weighted by Crippen LogP contribution is 2.35. The predicted molar refractivity (Wildman–Crippen MR) is 96.0 cm³/mol. The van der Waals surface area contributed by atoms with Crippen molar-refractivity contribution in [1.29, 1.82) is 0 Å². The lowest BCUT2D eigenvalue weighted by atomic mass is 10.2. The van der Waals surface area contributed by atoms with Gasteiger partial charge in [0.05, 0.1) is 23.1 Å². The van der Waals surface area contributed by atoms with Crippen molar-refractivity contribution in [1.82, 2.24) is 4.57 Å². The molecule has 1 aromatic carbocycles. The molecule has 1 aliphatic rings. The van der Waals surface area contributed by atoms with E-state index in [0.717, 1.165) is 4.70 Å². The molecule has 0 radical (unpaired) electrons. The molecule has 0 saturated heterocycles. The fourth-order valence-electron chi connectivity index (χ4n) is 2.72. The average Bonchev–Trinajstić information content (AvgIpc) is 3.29. The number of aromatic nitrogens is 1. The van der Waals surface area contributed by atoms with Crippen molar-refractivity contribution in [3.05, 3.63) is 41.1 Å². The van der Waals surface area contributed by atoms with Gasteiger partial charge in [-0.2, -0.15) is 4.99 Å². The third kappa shape index (κ3) is 3.45. The van der Waals surface area contributed by atoms with Crippen LogP contribution in [0.5, 0.6) is 11.5 Å². The Hall–Kier alpha value is -3.07. The molecular weight excluding hydrogens is 372 g/mol. The molecule has 0 saturated carbocycles. The Balaban J connectivity index is 1.85. The summed E-state index contributed by atoms with van der Waals surface area (Å²) in [6, 6.07) is 6.76. The van der Waals surface area contributed by atoms with E-state index in [1.807, 2.05) is 6.07 Å². The topological polar surface area (TPSA) is 92.3 Å². The van der Waals surface area contributed by atoms with Crippen LogP contribution in [0.15, 0.2) is 39.9 Å². The van der Waals surface area contributed by atoms with Gasteiger partial charge in [0.1, 0.15) is 19.8 Å². The SMILES string of the molecule is CCOC(=O)Cn1c(=NC(=O)c2ccco2)sc2cc3c(cc21)OCCO3. The number of amides is 1. The van der Waals surface area contributed by atoms with Crippen LogP contribution in [0.1, 0.15) is 17.5 Å². The maximum Gasteiger partial charge on any atom is 0.326 e. The molecule has 1 aliphatic heterocycles. The zero-order valence-electron chi connectivity index (χ0n) is 14.5. The molecule has 1 amide bonds. The average molecular weight is 388 g/mol. The number of carbonyl (C=O) groups is 2. The molecule has 0 atom stereocenters. The Labute approximate surface area is 157 Å². The van der Waals surface area contributed by atoms with E-state index in [9.17, 15) is 9.59 Å². The Bertz CT molecular complexity index is 1060. The van der Waals surface area contributed by atoms with E-state index in [1.165, 1.54) is 23.7 Å². The molecule has 0 aliphatic carbocycles. The lowest BCUT2D eigenvalue weighted by molar-refractivity contribution is -0.143. The first-order valence-electron chi connectivity index (χ1n) is 8.37. The standard InChI is InChI=1S/C18H16N2O6S/c1-2-23-16(21)10-20-11-8-13-14(26-7-6-25-13)9-15(11)27-18(20)19-17(22)12-4-3-5-24-12/h3-5,8-9H,2,6-7,10H2,1H3. The molecule has 4 rings (SSSR count). The Morgan fingerprint density at radius 2 is 2.04 bits per heavy atom. The van der Waals surface area contributed by atoms with Gasteiger partial charge >= 0.3 is 11.9 Å². The largest absolute Gasteiger partial charge is 0.486 e. The van der Waals surface area contributed by atoms with Crippen LogP contribution in [-0.4, -0.2) is 36.3 Å². The Kier molecular flexibility index (Phi) is 4.68. The van der Waals surface area contributed by atoms with Gasteiger partial charge in [-0.05, 0) is 19.1 Å².